The first-order chi connectivity index (χ1) is 7.79. The van der Waals surface area contributed by atoms with Crippen LogP contribution in [0.5, 0.6) is 0 Å². The first-order valence-corrected chi connectivity index (χ1v) is 5.24. The molecule has 1 aromatic rings. The van der Waals surface area contributed by atoms with Crippen molar-refractivity contribution in [1.82, 2.24) is 0 Å². The third kappa shape index (κ3) is 2.49. The van der Waals surface area contributed by atoms with Crippen LogP contribution in [0.4, 0.5) is 0 Å². The third-order valence-electron chi connectivity index (χ3n) is 2.54. The Hall–Kier alpha value is -1.61. The summed E-state index contributed by atoms with van der Waals surface area (Å²) in [7, 11) is 1.59. The molecule has 0 saturated carbocycles. The Morgan fingerprint density at radius 3 is 2.69 bits per heavy atom. The van der Waals surface area contributed by atoms with Crippen molar-refractivity contribution in [2.24, 2.45) is 0 Å². The number of hydrogen-bond acceptors (Lipinski definition) is 3. The molecule has 1 aliphatic carbocycles. The van der Waals surface area contributed by atoms with Gasteiger partial charge in [0.05, 0.1) is 6.10 Å². The second kappa shape index (κ2) is 4.94. The van der Waals surface area contributed by atoms with Crippen molar-refractivity contribution in [2.75, 3.05) is 7.11 Å². The molecule has 2 rings (SSSR count). The lowest BCUT2D eigenvalue weighted by Crippen LogP contribution is -2.05. The molecule has 0 unspecified atom stereocenters. The van der Waals surface area contributed by atoms with E-state index in [-0.39, 0.29) is 11.9 Å². The van der Waals surface area contributed by atoms with Gasteiger partial charge in [0.25, 0.3) is 0 Å². The number of carbonyl (C=O) groups excluding carboxylic acids is 1. The molecule has 0 spiro atoms. The number of ketones is 1. The minimum atomic E-state index is -0.127. The first kappa shape index (κ1) is 10.9. The summed E-state index contributed by atoms with van der Waals surface area (Å²) in [6, 6.07) is 9.77. The fourth-order valence-electron chi connectivity index (χ4n) is 1.62. The Morgan fingerprint density at radius 2 is 2.06 bits per heavy atom. The highest BCUT2D eigenvalue weighted by Crippen LogP contribution is 2.19. The molecule has 0 N–H and O–H groups in total. The summed E-state index contributed by atoms with van der Waals surface area (Å²) in [5.41, 5.74) is 1.05. The summed E-state index contributed by atoms with van der Waals surface area (Å²) in [6.45, 7) is 0.425. The van der Waals surface area contributed by atoms with Crippen LogP contribution in [0.2, 0.25) is 0 Å². The average Bonchev–Trinajstić information content (AvgIpc) is 2.69. The minimum Gasteiger partial charge on any atom is -0.485 e. The predicted octanol–water partition coefficient (Wildman–Crippen LogP) is 2.07. The highest BCUT2D eigenvalue weighted by atomic mass is 16.5. The molecule has 0 bridgehead atoms. The molecule has 0 heterocycles. The molecule has 3 heteroatoms. The number of methoxy groups -OCH3 is 1. The smallest absolute Gasteiger partial charge is 0.200 e. The largest absolute Gasteiger partial charge is 0.485 e. The lowest BCUT2D eigenvalue weighted by molar-refractivity contribution is -0.119. The van der Waals surface area contributed by atoms with Crippen LogP contribution in [-0.4, -0.2) is 19.0 Å². The van der Waals surface area contributed by atoms with Gasteiger partial charge >= 0.3 is 0 Å². The van der Waals surface area contributed by atoms with Gasteiger partial charge < -0.3 is 9.47 Å². The van der Waals surface area contributed by atoms with Crippen LogP contribution < -0.4 is 0 Å². The number of rotatable bonds is 4. The van der Waals surface area contributed by atoms with Crippen molar-refractivity contribution in [3.05, 3.63) is 47.7 Å². The van der Waals surface area contributed by atoms with Gasteiger partial charge in [-0.2, -0.15) is 0 Å². The van der Waals surface area contributed by atoms with Gasteiger partial charge in [-0.15, -0.1) is 0 Å². The Labute approximate surface area is 94.7 Å². The molecule has 0 aliphatic heterocycles. The number of allylic oxidation sites excluding steroid dienone is 1. The van der Waals surface area contributed by atoms with Crippen LogP contribution in [0.15, 0.2) is 42.2 Å². The van der Waals surface area contributed by atoms with Crippen LogP contribution >= 0.6 is 0 Å². The van der Waals surface area contributed by atoms with Gasteiger partial charge in [-0.1, -0.05) is 30.3 Å². The van der Waals surface area contributed by atoms with Crippen molar-refractivity contribution >= 4 is 5.78 Å². The fourth-order valence-corrected chi connectivity index (χ4v) is 1.62. The van der Waals surface area contributed by atoms with Crippen LogP contribution in [-0.2, 0) is 20.9 Å². The molecule has 1 aromatic carbocycles. The highest BCUT2D eigenvalue weighted by molar-refractivity contribution is 5.96. The molecule has 0 saturated heterocycles. The zero-order valence-electron chi connectivity index (χ0n) is 9.18. The van der Waals surface area contributed by atoms with E-state index in [1.165, 1.54) is 0 Å². The summed E-state index contributed by atoms with van der Waals surface area (Å²) in [6.07, 6.45) is 2.00. The summed E-state index contributed by atoms with van der Waals surface area (Å²) < 4.78 is 10.6. The molecule has 1 aliphatic rings. The van der Waals surface area contributed by atoms with Gasteiger partial charge in [0, 0.05) is 13.5 Å². The van der Waals surface area contributed by atoms with Crippen molar-refractivity contribution in [2.45, 2.75) is 19.1 Å². The van der Waals surface area contributed by atoms with Gasteiger partial charge in [0.15, 0.2) is 11.5 Å². The normalized spacial score (nSPS) is 19.7. The molecule has 16 heavy (non-hydrogen) atoms. The van der Waals surface area contributed by atoms with E-state index in [4.69, 9.17) is 9.47 Å². The Balaban J connectivity index is 1.94. The second-order valence-corrected chi connectivity index (χ2v) is 3.71. The SMILES string of the molecule is CO[C@H]1C=C(OCc2ccccc2)C(=O)C1. The zero-order chi connectivity index (χ0) is 11.4. The van der Waals surface area contributed by atoms with Gasteiger partial charge in [0.1, 0.15) is 6.61 Å². The van der Waals surface area contributed by atoms with Crippen molar-refractivity contribution < 1.29 is 14.3 Å². The maximum Gasteiger partial charge on any atom is 0.200 e. The second-order valence-electron chi connectivity index (χ2n) is 3.71. The van der Waals surface area contributed by atoms with E-state index in [0.29, 0.717) is 18.8 Å². The van der Waals surface area contributed by atoms with E-state index in [1.807, 2.05) is 30.3 Å². The summed E-state index contributed by atoms with van der Waals surface area (Å²) in [5, 5.41) is 0. The fraction of sp³-hybridized carbons (Fsp3) is 0.308. The van der Waals surface area contributed by atoms with Crippen LogP contribution in [0.1, 0.15) is 12.0 Å². The molecule has 84 valence electrons. The number of Topliss-reactive ketones (excluding diaryl/α,β-unsaturated/α-hetero) is 1. The van der Waals surface area contributed by atoms with Crippen LogP contribution in [0.3, 0.4) is 0 Å². The summed E-state index contributed by atoms with van der Waals surface area (Å²) in [4.78, 5) is 11.5. The number of ether oxygens (including phenoxy) is 2. The maximum absolute atomic E-state index is 11.5. The molecular formula is C13H14O3. The monoisotopic (exact) mass is 218 g/mol. The van der Waals surface area contributed by atoms with E-state index in [0.717, 1.165) is 5.56 Å². The lowest BCUT2D eigenvalue weighted by atomic mass is 10.2. The van der Waals surface area contributed by atoms with Gasteiger partial charge in [-0.25, -0.2) is 0 Å². The minimum absolute atomic E-state index is 0.0165. The zero-order valence-corrected chi connectivity index (χ0v) is 9.18. The van der Waals surface area contributed by atoms with E-state index >= 15 is 0 Å². The molecule has 1 atom stereocenters. The lowest BCUT2D eigenvalue weighted by Gasteiger charge is -2.05. The number of benzene rings is 1. The Kier molecular flexibility index (Phi) is 3.37. The first-order valence-electron chi connectivity index (χ1n) is 5.24. The van der Waals surface area contributed by atoms with Crippen LogP contribution in [0, 0.1) is 0 Å². The Morgan fingerprint density at radius 1 is 1.31 bits per heavy atom. The van der Waals surface area contributed by atoms with Gasteiger partial charge in [-0.3, -0.25) is 4.79 Å². The molecule has 0 aromatic heterocycles. The molecule has 0 radical (unpaired) electrons. The topological polar surface area (TPSA) is 35.5 Å². The molecular weight excluding hydrogens is 204 g/mol. The molecule has 0 fully saturated rings. The summed E-state index contributed by atoms with van der Waals surface area (Å²) in [5.74, 6) is 0.443. The predicted molar refractivity (Wildman–Crippen MR) is 59.7 cm³/mol. The van der Waals surface area contributed by atoms with E-state index < -0.39 is 0 Å². The van der Waals surface area contributed by atoms with E-state index in [9.17, 15) is 4.79 Å². The maximum atomic E-state index is 11.5. The number of hydrogen-bond donors (Lipinski definition) is 0. The van der Waals surface area contributed by atoms with E-state index in [1.54, 1.807) is 13.2 Å². The average molecular weight is 218 g/mol. The van der Waals surface area contributed by atoms with Crippen molar-refractivity contribution in [1.29, 1.82) is 0 Å². The van der Waals surface area contributed by atoms with Crippen LogP contribution in [0.25, 0.3) is 0 Å². The standard InChI is InChI=1S/C13H14O3/c1-15-11-7-12(14)13(8-11)16-9-10-5-3-2-4-6-10/h2-6,8,11H,7,9H2,1H3/t11-/m1/s1. The van der Waals surface area contributed by atoms with Gasteiger partial charge in [0.2, 0.25) is 0 Å². The van der Waals surface area contributed by atoms with Crippen molar-refractivity contribution in [3.63, 3.8) is 0 Å². The number of carbonyl (C=O) groups is 1. The summed E-state index contributed by atoms with van der Waals surface area (Å²) >= 11 is 0. The van der Waals surface area contributed by atoms with Gasteiger partial charge in [-0.05, 0) is 11.6 Å². The quantitative estimate of drug-likeness (QED) is 0.776. The van der Waals surface area contributed by atoms with E-state index in [2.05, 4.69) is 0 Å². The third-order valence-corrected chi connectivity index (χ3v) is 2.54. The molecule has 3 nitrogen and oxygen atoms in total. The molecule has 0 amide bonds. The van der Waals surface area contributed by atoms with Crippen molar-refractivity contribution in [3.8, 4) is 0 Å². The highest BCUT2D eigenvalue weighted by Gasteiger charge is 2.25. The Bertz CT molecular complexity index is 395.